The van der Waals surface area contributed by atoms with Crippen LogP contribution in [0.3, 0.4) is 0 Å². The van der Waals surface area contributed by atoms with Crippen molar-refractivity contribution in [3.63, 3.8) is 0 Å². The van der Waals surface area contributed by atoms with Crippen LogP contribution in [0.25, 0.3) is 0 Å². The number of phenolic OH excluding ortho intramolecular Hbond substituents is 1. The zero-order chi connectivity index (χ0) is 11.7. The fourth-order valence-corrected chi connectivity index (χ4v) is 1.54. The molecular formula is C9H7BrF2O3. The molecule has 0 radical (unpaired) electrons. The maximum Gasteiger partial charge on any atom is 0.310 e. The van der Waals surface area contributed by atoms with Gasteiger partial charge < -0.3 is 10.2 Å². The van der Waals surface area contributed by atoms with Crippen molar-refractivity contribution in [1.82, 2.24) is 0 Å². The fraction of sp³-hybridized carbons (Fsp3) is 0.222. The van der Waals surface area contributed by atoms with Gasteiger partial charge in [0.15, 0.2) is 11.6 Å². The van der Waals surface area contributed by atoms with Gasteiger partial charge in [-0.05, 0) is 28.9 Å². The van der Waals surface area contributed by atoms with Crippen molar-refractivity contribution in [2.45, 2.75) is 12.8 Å². The van der Waals surface area contributed by atoms with E-state index in [4.69, 9.17) is 5.11 Å². The molecule has 0 amide bonds. The normalized spacial score (nSPS) is 12.5. The Morgan fingerprint density at radius 3 is 2.53 bits per heavy atom. The summed E-state index contributed by atoms with van der Waals surface area (Å²) in [4.78, 5) is 10.6. The Labute approximate surface area is 92.5 Å². The Morgan fingerprint density at radius 1 is 1.53 bits per heavy atom. The minimum absolute atomic E-state index is 0.0792. The predicted octanol–water partition coefficient (Wildman–Crippen LogP) is 2.62. The van der Waals surface area contributed by atoms with Gasteiger partial charge in [0.05, 0.1) is 10.4 Å². The Bertz CT molecular complexity index is 394. The van der Waals surface area contributed by atoms with Gasteiger partial charge in [-0.2, -0.15) is 0 Å². The topological polar surface area (TPSA) is 57.5 Å². The molecule has 0 spiro atoms. The quantitative estimate of drug-likeness (QED) is 0.819. The molecule has 3 nitrogen and oxygen atoms in total. The summed E-state index contributed by atoms with van der Waals surface area (Å²) in [6, 6.07) is 0.739. The molecule has 0 heterocycles. The third kappa shape index (κ3) is 2.09. The van der Waals surface area contributed by atoms with E-state index in [0.717, 1.165) is 13.0 Å². The van der Waals surface area contributed by atoms with Gasteiger partial charge in [-0.3, -0.25) is 4.79 Å². The van der Waals surface area contributed by atoms with Crippen LogP contribution in [-0.2, 0) is 4.79 Å². The van der Waals surface area contributed by atoms with Crippen molar-refractivity contribution in [2.24, 2.45) is 0 Å². The third-order valence-corrected chi connectivity index (χ3v) is 2.59. The number of carbonyl (C=O) groups is 1. The summed E-state index contributed by atoms with van der Waals surface area (Å²) in [7, 11) is 0. The van der Waals surface area contributed by atoms with Crippen LogP contribution in [0.4, 0.5) is 8.78 Å². The lowest BCUT2D eigenvalue weighted by atomic mass is 9.99. The maximum atomic E-state index is 13.2. The number of rotatable bonds is 2. The van der Waals surface area contributed by atoms with Gasteiger partial charge in [0.25, 0.3) is 0 Å². The second kappa shape index (κ2) is 4.14. The predicted molar refractivity (Wildman–Crippen MR) is 51.8 cm³/mol. The highest BCUT2D eigenvalue weighted by Crippen LogP contribution is 2.36. The average molecular weight is 281 g/mol. The monoisotopic (exact) mass is 280 g/mol. The van der Waals surface area contributed by atoms with E-state index in [0.29, 0.717) is 0 Å². The van der Waals surface area contributed by atoms with Crippen LogP contribution >= 0.6 is 15.9 Å². The number of carboxylic acid groups (broad SMARTS) is 1. The molecule has 1 atom stereocenters. The number of halogens is 3. The van der Waals surface area contributed by atoms with Crippen molar-refractivity contribution in [2.75, 3.05) is 0 Å². The number of carboxylic acids is 1. The van der Waals surface area contributed by atoms with E-state index in [-0.39, 0.29) is 4.47 Å². The minimum Gasteiger partial charge on any atom is -0.506 e. The summed E-state index contributed by atoms with van der Waals surface area (Å²) in [6.07, 6.45) is 0. The van der Waals surface area contributed by atoms with E-state index in [9.17, 15) is 18.7 Å². The van der Waals surface area contributed by atoms with Gasteiger partial charge >= 0.3 is 5.97 Å². The maximum absolute atomic E-state index is 13.2. The summed E-state index contributed by atoms with van der Waals surface area (Å²) in [5.41, 5.74) is -0.561. The second-order valence-corrected chi connectivity index (χ2v) is 3.83. The fourth-order valence-electron chi connectivity index (χ4n) is 1.12. The second-order valence-electron chi connectivity index (χ2n) is 2.98. The molecule has 0 aliphatic carbocycles. The van der Waals surface area contributed by atoms with Crippen molar-refractivity contribution < 1.29 is 23.8 Å². The SMILES string of the molecule is CC(C(=O)O)c1c(O)c(Br)cc(F)c1F. The molecule has 0 aromatic heterocycles. The van der Waals surface area contributed by atoms with E-state index in [1.54, 1.807) is 0 Å². The van der Waals surface area contributed by atoms with Gasteiger partial charge in [0.1, 0.15) is 5.75 Å². The highest BCUT2D eigenvalue weighted by atomic mass is 79.9. The molecule has 2 N–H and O–H groups in total. The van der Waals surface area contributed by atoms with Crippen LogP contribution in [0.2, 0.25) is 0 Å². The molecule has 6 heteroatoms. The zero-order valence-electron chi connectivity index (χ0n) is 7.59. The molecule has 1 aromatic rings. The van der Waals surface area contributed by atoms with Crippen LogP contribution in [0, 0.1) is 11.6 Å². The number of benzene rings is 1. The van der Waals surface area contributed by atoms with Gasteiger partial charge in [0.2, 0.25) is 0 Å². The molecule has 15 heavy (non-hydrogen) atoms. The number of aliphatic carboxylic acids is 1. The summed E-state index contributed by atoms with van der Waals surface area (Å²) in [6.45, 7) is 1.16. The molecule has 0 aliphatic rings. The van der Waals surface area contributed by atoms with Crippen molar-refractivity contribution >= 4 is 21.9 Å². The largest absolute Gasteiger partial charge is 0.506 e. The van der Waals surface area contributed by atoms with Gasteiger partial charge in [-0.1, -0.05) is 0 Å². The molecule has 0 saturated heterocycles. The first kappa shape index (κ1) is 11.9. The van der Waals surface area contributed by atoms with Crippen LogP contribution in [-0.4, -0.2) is 16.2 Å². The molecule has 0 fully saturated rings. The lowest BCUT2D eigenvalue weighted by Gasteiger charge is -2.12. The Balaban J connectivity index is 3.45. The lowest BCUT2D eigenvalue weighted by Crippen LogP contribution is -2.11. The summed E-state index contributed by atoms with van der Waals surface area (Å²) >= 11 is 2.80. The average Bonchev–Trinajstić information content (AvgIpc) is 2.15. The molecule has 1 rings (SSSR count). The Morgan fingerprint density at radius 2 is 2.07 bits per heavy atom. The Hall–Kier alpha value is -1.17. The van der Waals surface area contributed by atoms with Crippen LogP contribution < -0.4 is 0 Å². The molecular weight excluding hydrogens is 274 g/mol. The molecule has 0 aliphatic heterocycles. The van der Waals surface area contributed by atoms with Gasteiger partial charge in [0, 0.05) is 5.56 Å². The van der Waals surface area contributed by atoms with E-state index >= 15 is 0 Å². The first-order chi connectivity index (χ1) is 6.86. The van der Waals surface area contributed by atoms with Gasteiger partial charge in [-0.15, -0.1) is 0 Å². The van der Waals surface area contributed by atoms with E-state index in [1.807, 2.05) is 0 Å². The summed E-state index contributed by atoms with van der Waals surface area (Å²) in [5, 5.41) is 18.1. The zero-order valence-corrected chi connectivity index (χ0v) is 9.18. The number of hydrogen-bond acceptors (Lipinski definition) is 2. The molecule has 1 unspecified atom stereocenters. The first-order valence-electron chi connectivity index (χ1n) is 3.95. The van der Waals surface area contributed by atoms with Crippen molar-refractivity contribution in [1.29, 1.82) is 0 Å². The lowest BCUT2D eigenvalue weighted by molar-refractivity contribution is -0.138. The highest BCUT2D eigenvalue weighted by Gasteiger charge is 2.26. The van der Waals surface area contributed by atoms with Crippen molar-refractivity contribution in [3.05, 3.63) is 27.7 Å². The van der Waals surface area contributed by atoms with Crippen LogP contribution in [0.5, 0.6) is 5.75 Å². The van der Waals surface area contributed by atoms with Gasteiger partial charge in [-0.25, -0.2) is 8.78 Å². The molecule has 1 aromatic carbocycles. The highest BCUT2D eigenvalue weighted by molar-refractivity contribution is 9.10. The summed E-state index contributed by atoms with van der Waals surface area (Å²) < 4.78 is 26.1. The number of aromatic hydroxyl groups is 1. The van der Waals surface area contributed by atoms with E-state index < -0.39 is 34.8 Å². The molecule has 82 valence electrons. The first-order valence-corrected chi connectivity index (χ1v) is 4.74. The smallest absolute Gasteiger partial charge is 0.310 e. The standard InChI is InChI=1S/C9H7BrF2O3/c1-3(9(14)15)6-7(12)5(11)2-4(10)8(6)13/h2-3,13H,1H3,(H,14,15). The molecule has 0 bridgehead atoms. The number of hydrogen-bond donors (Lipinski definition) is 2. The van der Waals surface area contributed by atoms with Crippen LogP contribution in [0.1, 0.15) is 18.4 Å². The van der Waals surface area contributed by atoms with Crippen molar-refractivity contribution in [3.8, 4) is 5.75 Å². The minimum atomic E-state index is -1.35. The summed E-state index contributed by atoms with van der Waals surface area (Å²) in [5.74, 6) is -5.81. The van der Waals surface area contributed by atoms with Crippen LogP contribution in [0.15, 0.2) is 10.5 Å². The Kier molecular flexibility index (Phi) is 3.28. The number of phenols is 1. The van der Waals surface area contributed by atoms with E-state index in [2.05, 4.69) is 15.9 Å². The molecule has 0 saturated carbocycles. The third-order valence-electron chi connectivity index (χ3n) is 1.98. The van der Waals surface area contributed by atoms with E-state index in [1.165, 1.54) is 0 Å².